The Morgan fingerprint density at radius 1 is 1.42 bits per heavy atom. The number of benzene rings is 1. The fraction of sp³-hybridized carbons (Fsp3) is 0.625. The highest BCUT2D eigenvalue weighted by Crippen LogP contribution is 2.31. The highest BCUT2D eigenvalue weighted by molar-refractivity contribution is 9.10. The smallest absolute Gasteiger partial charge is 0.133 e. The number of rotatable bonds is 7. The lowest BCUT2D eigenvalue weighted by molar-refractivity contribution is 0.221. The van der Waals surface area contributed by atoms with Gasteiger partial charge in [0.1, 0.15) is 5.75 Å². The quantitative estimate of drug-likeness (QED) is 0.785. The second kappa shape index (κ2) is 7.30. The molecule has 0 saturated heterocycles. The highest BCUT2D eigenvalue weighted by Gasteiger charge is 2.17. The molecule has 1 aromatic rings. The van der Waals surface area contributed by atoms with Crippen molar-refractivity contribution in [3.8, 4) is 5.75 Å². The van der Waals surface area contributed by atoms with Crippen molar-refractivity contribution < 1.29 is 4.74 Å². The van der Waals surface area contributed by atoms with Crippen LogP contribution in [0.4, 0.5) is 0 Å². The third kappa shape index (κ3) is 4.22. The number of hydrogen-bond donors (Lipinski definition) is 1. The molecule has 1 unspecified atom stereocenters. The summed E-state index contributed by atoms with van der Waals surface area (Å²) in [6.45, 7) is 6.13. The SMILES string of the molecule is CCNC(C)c1ccc(OCCC2CCC2)c(Br)c1. The minimum absolute atomic E-state index is 0.380. The molecule has 1 aromatic carbocycles. The van der Waals surface area contributed by atoms with Crippen LogP contribution in [0.3, 0.4) is 0 Å². The van der Waals surface area contributed by atoms with Gasteiger partial charge in [-0.05, 0) is 59.4 Å². The largest absolute Gasteiger partial charge is 0.492 e. The molecule has 0 spiro atoms. The van der Waals surface area contributed by atoms with E-state index in [0.29, 0.717) is 6.04 Å². The maximum absolute atomic E-state index is 5.87. The fourth-order valence-electron chi connectivity index (χ4n) is 2.44. The Hall–Kier alpha value is -0.540. The van der Waals surface area contributed by atoms with Crippen LogP contribution in [0.5, 0.6) is 5.75 Å². The first kappa shape index (κ1) is 14.9. The van der Waals surface area contributed by atoms with Crippen molar-refractivity contribution in [2.24, 2.45) is 5.92 Å². The molecule has 0 aromatic heterocycles. The number of ether oxygens (including phenoxy) is 1. The van der Waals surface area contributed by atoms with Crippen LogP contribution >= 0.6 is 15.9 Å². The maximum atomic E-state index is 5.87. The summed E-state index contributed by atoms with van der Waals surface area (Å²) in [6, 6.07) is 6.77. The summed E-state index contributed by atoms with van der Waals surface area (Å²) < 4.78 is 6.93. The van der Waals surface area contributed by atoms with Gasteiger partial charge < -0.3 is 10.1 Å². The third-order valence-electron chi connectivity index (χ3n) is 3.97. The molecule has 1 aliphatic rings. The average molecular weight is 326 g/mol. The van der Waals surface area contributed by atoms with E-state index in [1.54, 1.807) is 0 Å². The lowest BCUT2D eigenvalue weighted by atomic mass is 9.83. The van der Waals surface area contributed by atoms with Gasteiger partial charge in [0.15, 0.2) is 0 Å². The number of nitrogens with one attached hydrogen (secondary N) is 1. The van der Waals surface area contributed by atoms with Crippen LogP contribution in [-0.2, 0) is 0 Å². The predicted molar refractivity (Wildman–Crippen MR) is 83.7 cm³/mol. The summed E-state index contributed by atoms with van der Waals surface area (Å²) >= 11 is 3.61. The lowest BCUT2D eigenvalue weighted by Gasteiger charge is -2.25. The van der Waals surface area contributed by atoms with Crippen LogP contribution in [0.15, 0.2) is 22.7 Å². The van der Waals surface area contributed by atoms with Crippen LogP contribution in [0.2, 0.25) is 0 Å². The summed E-state index contributed by atoms with van der Waals surface area (Å²) in [5.41, 5.74) is 1.29. The Bertz CT molecular complexity index is 404. The molecule has 0 amide bonds. The second-order valence-electron chi connectivity index (χ2n) is 5.40. The van der Waals surface area contributed by atoms with Crippen LogP contribution < -0.4 is 10.1 Å². The van der Waals surface area contributed by atoms with Gasteiger partial charge in [0.25, 0.3) is 0 Å². The first-order chi connectivity index (χ1) is 9.20. The Kier molecular flexibility index (Phi) is 5.71. The van der Waals surface area contributed by atoms with Gasteiger partial charge in [-0.15, -0.1) is 0 Å². The molecule has 2 nitrogen and oxygen atoms in total. The molecular formula is C16H24BrNO. The van der Waals surface area contributed by atoms with Gasteiger partial charge >= 0.3 is 0 Å². The Balaban J connectivity index is 1.86. The monoisotopic (exact) mass is 325 g/mol. The van der Waals surface area contributed by atoms with Crippen LogP contribution in [0.1, 0.15) is 51.1 Å². The second-order valence-corrected chi connectivity index (χ2v) is 6.26. The molecule has 0 heterocycles. The molecular weight excluding hydrogens is 302 g/mol. The summed E-state index contributed by atoms with van der Waals surface area (Å²) in [6.07, 6.45) is 5.39. The van der Waals surface area contributed by atoms with E-state index in [9.17, 15) is 0 Å². The van der Waals surface area contributed by atoms with E-state index in [1.807, 2.05) is 0 Å². The zero-order valence-electron chi connectivity index (χ0n) is 11.9. The molecule has 3 heteroatoms. The number of hydrogen-bond acceptors (Lipinski definition) is 2. The van der Waals surface area contributed by atoms with Gasteiger partial charge in [0.05, 0.1) is 11.1 Å². The van der Waals surface area contributed by atoms with Crippen molar-refractivity contribution in [3.63, 3.8) is 0 Å². The van der Waals surface area contributed by atoms with Crippen LogP contribution in [0.25, 0.3) is 0 Å². The normalized spacial score (nSPS) is 17.0. The first-order valence-electron chi connectivity index (χ1n) is 7.36. The Morgan fingerprint density at radius 2 is 2.21 bits per heavy atom. The van der Waals surface area contributed by atoms with E-state index in [4.69, 9.17) is 4.74 Å². The maximum Gasteiger partial charge on any atom is 0.133 e. The highest BCUT2D eigenvalue weighted by atomic mass is 79.9. The topological polar surface area (TPSA) is 21.3 Å². The zero-order valence-corrected chi connectivity index (χ0v) is 13.5. The van der Waals surface area contributed by atoms with Gasteiger partial charge in [-0.25, -0.2) is 0 Å². The molecule has 19 heavy (non-hydrogen) atoms. The summed E-state index contributed by atoms with van der Waals surface area (Å²) in [4.78, 5) is 0. The van der Waals surface area contributed by atoms with Crippen molar-refractivity contribution in [2.75, 3.05) is 13.2 Å². The van der Waals surface area contributed by atoms with E-state index >= 15 is 0 Å². The van der Waals surface area contributed by atoms with Crippen LogP contribution in [0, 0.1) is 5.92 Å². The number of halogens is 1. The summed E-state index contributed by atoms with van der Waals surface area (Å²) in [5.74, 6) is 1.87. The van der Waals surface area contributed by atoms with E-state index in [-0.39, 0.29) is 0 Å². The predicted octanol–water partition coefficient (Wildman–Crippen LogP) is 4.69. The summed E-state index contributed by atoms with van der Waals surface area (Å²) in [7, 11) is 0. The first-order valence-corrected chi connectivity index (χ1v) is 8.15. The van der Waals surface area contributed by atoms with E-state index < -0.39 is 0 Å². The molecule has 1 fully saturated rings. The van der Waals surface area contributed by atoms with Crippen molar-refractivity contribution in [1.29, 1.82) is 0 Å². The summed E-state index contributed by atoms with van der Waals surface area (Å²) in [5, 5.41) is 3.42. The van der Waals surface area contributed by atoms with Crippen molar-refractivity contribution >= 4 is 15.9 Å². The Labute approximate surface area is 125 Å². The minimum atomic E-state index is 0.380. The van der Waals surface area contributed by atoms with Crippen LogP contribution in [-0.4, -0.2) is 13.2 Å². The van der Waals surface area contributed by atoms with Crippen molar-refractivity contribution in [3.05, 3.63) is 28.2 Å². The molecule has 1 N–H and O–H groups in total. The van der Waals surface area contributed by atoms with Crippen molar-refractivity contribution in [1.82, 2.24) is 5.32 Å². The molecule has 0 bridgehead atoms. The van der Waals surface area contributed by atoms with Gasteiger partial charge in [0, 0.05) is 6.04 Å². The molecule has 0 aliphatic heterocycles. The zero-order chi connectivity index (χ0) is 13.7. The average Bonchev–Trinajstić information content (AvgIpc) is 2.34. The van der Waals surface area contributed by atoms with Gasteiger partial charge in [0.2, 0.25) is 0 Å². The van der Waals surface area contributed by atoms with Gasteiger partial charge in [-0.2, -0.15) is 0 Å². The minimum Gasteiger partial charge on any atom is -0.492 e. The molecule has 1 aliphatic carbocycles. The molecule has 1 atom stereocenters. The Morgan fingerprint density at radius 3 is 2.79 bits per heavy atom. The van der Waals surface area contributed by atoms with Gasteiger partial charge in [-0.3, -0.25) is 0 Å². The van der Waals surface area contributed by atoms with Crippen molar-refractivity contribution in [2.45, 2.75) is 45.6 Å². The van der Waals surface area contributed by atoms with Gasteiger partial charge in [-0.1, -0.05) is 32.3 Å². The van der Waals surface area contributed by atoms with E-state index in [0.717, 1.165) is 29.3 Å². The lowest BCUT2D eigenvalue weighted by Crippen LogP contribution is -2.17. The third-order valence-corrected chi connectivity index (χ3v) is 4.59. The fourth-order valence-corrected chi connectivity index (χ4v) is 2.96. The van der Waals surface area contributed by atoms with E-state index in [1.165, 1.54) is 31.2 Å². The molecule has 1 saturated carbocycles. The molecule has 0 radical (unpaired) electrons. The molecule has 2 rings (SSSR count). The standard InChI is InChI=1S/C16H24BrNO/c1-3-18-12(2)14-7-8-16(15(17)11-14)19-10-9-13-5-4-6-13/h7-8,11-13,18H,3-6,9-10H2,1-2H3. The van der Waals surface area contributed by atoms with E-state index in [2.05, 4.69) is 53.3 Å². The molecule has 106 valence electrons.